The van der Waals surface area contributed by atoms with Gasteiger partial charge in [0.15, 0.2) is 11.5 Å². The van der Waals surface area contributed by atoms with E-state index in [-0.39, 0.29) is 17.2 Å². The molecule has 0 atom stereocenters. The van der Waals surface area contributed by atoms with Crippen LogP contribution in [0.4, 0.5) is 0 Å². The first kappa shape index (κ1) is 16.9. The SMILES string of the molecule is COc1cc(/C=C/C(=O)O)ccc1O.Oc1ccc(O)cc1. The van der Waals surface area contributed by atoms with Crippen LogP contribution in [0.25, 0.3) is 6.08 Å². The second-order valence-electron chi connectivity index (χ2n) is 4.12. The molecule has 22 heavy (non-hydrogen) atoms. The third-order valence-corrected chi connectivity index (χ3v) is 2.47. The summed E-state index contributed by atoms with van der Waals surface area (Å²) < 4.78 is 4.86. The van der Waals surface area contributed by atoms with E-state index in [1.165, 1.54) is 43.5 Å². The Balaban J connectivity index is 0.000000255. The van der Waals surface area contributed by atoms with Crippen LogP contribution >= 0.6 is 0 Å². The number of carboxylic acids is 1. The van der Waals surface area contributed by atoms with E-state index in [4.69, 9.17) is 20.1 Å². The van der Waals surface area contributed by atoms with Crippen LogP contribution in [0.3, 0.4) is 0 Å². The van der Waals surface area contributed by atoms with Crippen LogP contribution in [-0.2, 0) is 4.79 Å². The van der Waals surface area contributed by atoms with Crippen LogP contribution in [0.1, 0.15) is 5.56 Å². The first-order valence-electron chi connectivity index (χ1n) is 6.18. The second-order valence-corrected chi connectivity index (χ2v) is 4.12. The summed E-state index contributed by atoms with van der Waals surface area (Å²) in [5, 5.41) is 34.9. The summed E-state index contributed by atoms with van der Waals surface area (Å²) in [6, 6.07) is 10.3. The predicted molar refractivity (Wildman–Crippen MR) is 81.1 cm³/mol. The van der Waals surface area contributed by atoms with Crippen LogP contribution < -0.4 is 4.74 Å². The van der Waals surface area contributed by atoms with Gasteiger partial charge >= 0.3 is 5.97 Å². The fourth-order valence-electron chi connectivity index (χ4n) is 1.42. The average molecular weight is 304 g/mol. The third kappa shape index (κ3) is 5.87. The van der Waals surface area contributed by atoms with Gasteiger partial charge in [-0.25, -0.2) is 4.79 Å². The minimum absolute atomic E-state index is 0.0278. The normalized spacial score (nSPS) is 9.86. The molecule has 0 unspecified atom stereocenters. The number of phenols is 3. The molecule has 0 fully saturated rings. The number of carboxylic acid groups (broad SMARTS) is 1. The molecule has 0 spiro atoms. The summed E-state index contributed by atoms with van der Waals surface area (Å²) in [5.41, 5.74) is 0.655. The number of aliphatic carboxylic acids is 1. The van der Waals surface area contributed by atoms with Crippen LogP contribution in [0.5, 0.6) is 23.0 Å². The van der Waals surface area contributed by atoms with Gasteiger partial charge in [0.2, 0.25) is 0 Å². The van der Waals surface area contributed by atoms with Gasteiger partial charge in [0.25, 0.3) is 0 Å². The fourth-order valence-corrected chi connectivity index (χ4v) is 1.42. The maximum atomic E-state index is 10.2. The Kier molecular flexibility index (Phi) is 6.31. The Hall–Kier alpha value is -3.15. The van der Waals surface area contributed by atoms with E-state index in [1.54, 1.807) is 12.1 Å². The van der Waals surface area contributed by atoms with Crippen molar-refractivity contribution < 1.29 is 30.0 Å². The average Bonchev–Trinajstić information content (AvgIpc) is 2.50. The van der Waals surface area contributed by atoms with Gasteiger partial charge in [0.05, 0.1) is 7.11 Å². The van der Waals surface area contributed by atoms with Crippen molar-refractivity contribution in [2.24, 2.45) is 0 Å². The molecule has 6 nitrogen and oxygen atoms in total. The number of aromatic hydroxyl groups is 3. The van der Waals surface area contributed by atoms with Crippen molar-refractivity contribution in [2.75, 3.05) is 7.11 Å². The van der Waals surface area contributed by atoms with Gasteiger partial charge in [-0.1, -0.05) is 6.07 Å². The van der Waals surface area contributed by atoms with Crippen LogP contribution in [0.15, 0.2) is 48.5 Å². The first-order chi connectivity index (χ1) is 10.4. The van der Waals surface area contributed by atoms with Crippen molar-refractivity contribution in [3.05, 3.63) is 54.1 Å². The molecular weight excluding hydrogens is 288 g/mol. The number of rotatable bonds is 3. The standard InChI is InChI=1S/C10H10O4.C6H6O2/c1-14-9-6-7(2-4-8(9)11)3-5-10(12)13;7-5-1-2-6(8)4-3-5/h2-6,11H,1H3,(H,12,13);1-4,7-8H/b5-3+;. The van der Waals surface area contributed by atoms with Crippen molar-refractivity contribution in [2.45, 2.75) is 0 Å². The van der Waals surface area contributed by atoms with Gasteiger partial charge in [-0.15, -0.1) is 0 Å². The maximum Gasteiger partial charge on any atom is 0.328 e. The quantitative estimate of drug-likeness (QED) is 0.513. The van der Waals surface area contributed by atoms with E-state index in [2.05, 4.69) is 0 Å². The van der Waals surface area contributed by atoms with Crippen LogP contribution in [0, 0.1) is 0 Å². The molecule has 0 saturated carbocycles. The second kappa shape index (κ2) is 8.21. The van der Waals surface area contributed by atoms with Crippen molar-refractivity contribution in [1.29, 1.82) is 0 Å². The highest BCUT2D eigenvalue weighted by Crippen LogP contribution is 2.26. The van der Waals surface area contributed by atoms with Crippen LogP contribution in [0.2, 0.25) is 0 Å². The smallest absolute Gasteiger partial charge is 0.328 e. The van der Waals surface area contributed by atoms with Crippen molar-refractivity contribution in [3.63, 3.8) is 0 Å². The number of carbonyl (C=O) groups is 1. The highest BCUT2D eigenvalue weighted by atomic mass is 16.5. The highest BCUT2D eigenvalue weighted by Gasteiger charge is 2.00. The molecule has 0 aromatic heterocycles. The number of benzene rings is 2. The zero-order valence-corrected chi connectivity index (χ0v) is 11.8. The predicted octanol–water partition coefficient (Wildman–Crippen LogP) is 2.60. The lowest BCUT2D eigenvalue weighted by Gasteiger charge is -2.03. The maximum absolute atomic E-state index is 10.2. The fraction of sp³-hybridized carbons (Fsp3) is 0.0625. The lowest BCUT2D eigenvalue weighted by atomic mass is 10.2. The van der Waals surface area contributed by atoms with Gasteiger partial charge in [-0.3, -0.25) is 0 Å². The minimum Gasteiger partial charge on any atom is -0.508 e. The summed E-state index contributed by atoms with van der Waals surface area (Å²) >= 11 is 0. The van der Waals surface area contributed by atoms with E-state index in [9.17, 15) is 9.90 Å². The summed E-state index contributed by atoms with van der Waals surface area (Å²) in [6.45, 7) is 0. The van der Waals surface area contributed by atoms with Crippen molar-refractivity contribution >= 4 is 12.0 Å². The van der Waals surface area contributed by atoms with E-state index in [0.29, 0.717) is 11.3 Å². The van der Waals surface area contributed by atoms with Gasteiger partial charge in [-0.2, -0.15) is 0 Å². The third-order valence-electron chi connectivity index (χ3n) is 2.47. The number of hydrogen-bond acceptors (Lipinski definition) is 5. The topological polar surface area (TPSA) is 107 Å². The summed E-state index contributed by atoms with van der Waals surface area (Å²) in [4.78, 5) is 10.2. The Morgan fingerprint density at radius 1 is 1.00 bits per heavy atom. The number of hydrogen-bond donors (Lipinski definition) is 4. The molecular formula is C16H16O6. The van der Waals surface area contributed by atoms with E-state index >= 15 is 0 Å². The zero-order valence-electron chi connectivity index (χ0n) is 11.8. The number of phenolic OH excluding ortho intramolecular Hbond substituents is 3. The van der Waals surface area contributed by atoms with Gasteiger partial charge < -0.3 is 25.2 Å². The molecule has 0 radical (unpaired) electrons. The molecule has 0 heterocycles. The molecule has 4 N–H and O–H groups in total. The highest BCUT2D eigenvalue weighted by molar-refractivity contribution is 5.85. The van der Waals surface area contributed by atoms with E-state index < -0.39 is 5.97 Å². The number of ether oxygens (including phenoxy) is 1. The molecule has 2 rings (SSSR count). The molecule has 0 saturated heterocycles. The molecule has 0 bridgehead atoms. The van der Waals surface area contributed by atoms with Crippen molar-refractivity contribution in [3.8, 4) is 23.0 Å². The Morgan fingerprint density at radius 2 is 1.55 bits per heavy atom. The van der Waals surface area contributed by atoms with E-state index in [1.807, 2.05) is 0 Å². The molecule has 6 heteroatoms. The molecule has 116 valence electrons. The van der Waals surface area contributed by atoms with Crippen LogP contribution in [-0.4, -0.2) is 33.5 Å². The number of methoxy groups -OCH3 is 1. The minimum atomic E-state index is -1.02. The van der Waals surface area contributed by atoms with Crippen molar-refractivity contribution in [1.82, 2.24) is 0 Å². The van der Waals surface area contributed by atoms with E-state index in [0.717, 1.165) is 6.08 Å². The summed E-state index contributed by atoms with van der Waals surface area (Å²) in [7, 11) is 1.43. The Bertz CT molecular complexity index is 625. The largest absolute Gasteiger partial charge is 0.508 e. The summed E-state index contributed by atoms with van der Waals surface area (Å²) in [6.07, 6.45) is 2.44. The zero-order chi connectivity index (χ0) is 16.5. The van der Waals surface area contributed by atoms with Gasteiger partial charge in [0.1, 0.15) is 11.5 Å². The molecule has 0 aliphatic heterocycles. The van der Waals surface area contributed by atoms with Gasteiger partial charge in [0, 0.05) is 6.08 Å². The first-order valence-corrected chi connectivity index (χ1v) is 6.18. The molecule has 2 aromatic rings. The molecule has 0 aliphatic carbocycles. The lowest BCUT2D eigenvalue weighted by Crippen LogP contribution is -1.87. The van der Waals surface area contributed by atoms with Gasteiger partial charge in [-0.05, 0) is 48.0 Å². The molecule has 2 aromatic carbocycles. The Morgan fingerprint density at radius 3 is 2.00 bits per heavy atom. The summed E-state index contributed by atoms with van der Waals surface area (Å²) in [5.74, 6) is -0.333. The Labute approximate surface area is 127 Å². The monoisotopic (exact) mass is 304 g/mol. The lowest BCUT2D eigenvalue weighted by molar-refractivity contribution is -0.131. The molecule has 0 aliphatic rings. The molecule has 0 amide bonds.